The van der Waals surface area contributed by atoms with E-state index in [-0.39, 0.29) is 5.91 Å². The van der Waals surface area contributed by atoms with Gasteiger partial charge in [-0.1, -0.05) is 13.0 Å². The molecule has 0 bridgehead atoms. The van der Waals surface area contributed by atoms with Gasteiger partial charge in [0.1, 0.15) is 17.0 Å². The number of nitrogens with one attached hydrogen (secondary N) is 1. The predicted molar refractivity (Wildman–Crippen MR) is 112 cm³/mol. The van der Waals surface area contributed by atoms with E-state index >= 15 is 0 Å². The Morgan fingerprint density at radius 3 is 2.71 bits per heavy atom. The Labute approximate surface area is 165 Å². The number of fused-ring (bicyclic) bond motifs is 1. The Kier molecular flexibility index (Phi) is 6.14. The highest BCUT2D eigenvalue weighted by Gasteiger charge is 2.17. The van der Waals surface area contributed by atoms with Crippen molar-refractivity contribution in [2.24, 2.45) is 0 Å². The number of pyridine rings is 1. The largest absolute Gasteiger partial charge is 0.491 e. The van der Waals surface area contributed by atoms with Crippen LogP contribution in [-0.2, 0) is 4.79 Å². The fraction of sp³-hybridized carbons (Fsp3) is 0.304. The van der Waals surface area contributed by atoms with Gasteiger partial charge in [-0.2, -0.15) is 0 Å². The third kappa shape index (κ3) is 4.42. The predicted octanol–water partition coefficient (Wildman–Crippen LogP) is 5.05. The van der Waals surface area contributed by atoms with E-state index < -0.39 is 6.10 Å². The number of aryl methyl sites for hydroxylation is 2. The van der Waals surface area contributed by atoms with Crippen molar-refractivity contribution in [3.63, 3.8) is 0 Å². The molecule has 0 aliphatic rings. The minimum absolute atomic E-state index is 0.217. The average molecular weight is 378 g/mol. The highest BCUT2D eigenvalue weighted by molar-refractivity contribution is 6.04. The Bertz CT molecular complexity index is 985. The molecule has 5 heteroatoms. The van der Waals surface area contributed by atoms with Crippen LogP contribution >= 0.6 is 0 Å². The summed E-state index contributed by atoms with van der Waals surface area (Å²) in [5.41, 5.74) is 3.74. The van der Waals surface area contributed by atoms with E-state index in [2.05, 4.69) is 17.2 Å². The van der Waals surface area contributed by atoms with Crippen molar-refractivity contribution in [1.82, 2.24) is 4.98 Å². The summed E-state index contributed by atoms with van der Waals surface area (Å²) in [6.45, 7) is 8.49. The van der Waals surface area contributed by atoms with Crippen molar-refractivity contribution in [1.29, 1.82) is 0 Å². The maximum atomic E-state index is 12.7. The summed E-state index contributed by atoms with van der Waals surface area (Å²) in [5, 5.41) is 3.79. The van der Waals surface area contributed by atoms with Crippen LogP contribution in [0.5, 0.6) is 11.5 Å². The molecule has 0 aliphatic heterocycles. The number of carbonyl (C=O) groups excluding carboxylic acids is 1. The van der Waals surface area contributed by atoms with Gasteiger partial charge in [0, 0.05) is 11.6 Å². The van der Waals surface area contributed by atoms with E-state index in [4.69, 9.17) is 9.47 Å². The molecule has 0 fully saturated rings. The second-order valence-corrected chi connectivity index (χ2v) is 6.85. The molecule has 0 radical (unpaired) electrons. The molecule has 0 saturated heterocycles. The van der Waals surface area contributed by atoms with Crippen molar-refractivity contribution >= 4 is 22.5 Å². The molecular weight excluding hydrogens is 352 g/mol. The first kappa shape index (κ1) is 19.7. The number of benzene rings is 2. The molecule has 1 atom stereocenters. The summed E-state index contributed by atoms with van der Waals surface area (Å²) >= 11 is 0. The van der Waals surface area contributed by atoms with Crippen LogP contribution in [0.2, 0.25) is 0 Å². The lowest BCUT2D eigenvalue weighted by Crippen LogP contribution is -2.30. The maximum absolute atomic E-state index is 12.7. The van der Waals surface area contributed by atoms with Gasteiger partial charge in [0.15, 0.2) is 6.10 Å². The Morgan fingerprint density at radius 2 is 1.96 bits per heavy atom. The average Bonchev–Trinajstić information content (AvgIpc) is 2.70. The van der Waals surface area contributed by atoms with E-state index in [1.54, 1.807) is 13.1 Å². The third-order valence-corrected chi connectivity index (χ3v) is 4.61. The normalized spacial score (nSPS) is 11.9. The van der Waals surface area contributed by atoms with Crippen LogP contribution < -0.4 is 14.8 Å². The van der Waals surface area contributed by atoms with E-state index in [1.807, 2.05) is 56.3 Å². The van der Waals surface area contributed by atoms with E-state index in [0.717, 1.165) is 28.6 Å². The van der Waals surface area contributed by atoms with Crippen LogP contribution in [0.25, 0.3) is 10.9 Å². The first-order valence-corrected chi connectivity index (χ1v) is 9.55. The van der Waals surface area contributed by atoms with Gasteiger partial charge in [0.2, 0.25) is 0 Å². The van der Waals surface area contributed by atoms with E-state index in [0.29, 0.717) is 18.0 Å². The minimum atomic E-state index is -0.634. The van der Waals surface area contributed by atoms with Gasteiger partial charge in [-0.05, 0) is 74.7 Å². The topological polar surface area (TPSA) is 60.5 Å². The smallest absolute Gasteiger partial charge is 0.265 e. The zero-order chi connectivity index (χ0) is 20.1. The monoisotopic (exact) mass is 378 g/mol. The number of amides is 1. The Morgan fingerprint density at radius 1 is 1.14 bits per heavy atom. The van der Waals surface area contributed by atoms with Crippen molar-refractivity contribution in [3.05, 3.63) is 59.8 Å². The number of rotatable bonds is 7. The van der Waals surface area contributed by atoms with Gasteiger partial charge in [-0.3, -0.25) is 9.78 Å². The van der Waals surface area contributed by atoms with Crippen LogP contribution in [-0.4, -0.2) is 23.6 Å². The molecule has 1 amide bonds. The third-order valence-electron chi connectivity index (χ3n) is 4.61. The molecule has 1 aromatic heterocycles. The highest BCUT2D eigenvalue weighted by atomic mass is 16.5. The Hall–Kier alpha value is -3.08. The number of aromatic nitrogens is 1. The van der Waals surface area contributed by atoms with Crippen molar-refractivity contribution in [3.8, 4) is 11.5 Å². The molecule has 1 N–H and O–H groups in total. The lowest BCUT2D eigenvalue weighted by Gasteiger charge is -2.17. The fourth-order valence-electron chi connectivity index (χ4n) is 2.86. The first-order chi connectivity index (χ1) is 13.5. The summed E-state index contributed by atoms with van der Waals surface area (Å²) < 4.78 is 11.6. The fourth-order valence-corrected chi connectivity index (χ4v) is 2.86. The number of hydrogen-bond acceptors (Lipinski definition) is 4. The molecule has 3 rings (SSSR count). The van der Waals surface area contributed by atoms with Crippen LogP contribution in [0.3, 0.4) is 0 Å². The quantitative estimate of drug-likeness (QED) is 0.625. The summed E-state index contributed by atoms with van der Waals surface area (Å²) in [6.07, 6.45) is 2.00. The summed E-state index contributed by atoms with van der Waals surface area (Å²) in [4.78, 5) is 17.1. The number of nitrogens with zero attached hydrogens (tertiary/aromatic N) is 1. The molecule has 0 unspecified atom stereocenters. The van der Waals surface area contributed by atoms with Gasteiger partial charge >= 0.3 is 0 Å². The second-order valence-electron chi connectivity index (χ2n) is 6.85. The van der Waals surface area contributed by atoms with E-state index in [9.17, 15) is 4.79 Å². The van der Waals surface area contributed by atoms with Crippen LogP contribution in [0, 0.1) is 13.8 Å². The second kappa shape index (κ2) is 8.74. The summed E-state index contributed by atoms with van der Waals surface area (Å²) in [6, 6.07) is 13.3. The SMILES string of the molecule is CCCOc1ccc(NC(=O)[C@H](C)Oc2ccc(C)c(C)c2)c2cccnc12. The molecule has 1 heterocycles. The molecule has 0 spiro atoms. The number of anilines is 1. The maximum Gasteiger partial charge on any atom is 0.265 e. The number of ether oxygens (including phenoxy) is 2. The van der Waals surface area contributed by atoms with Crippen molar-refractivity contribution < 1.29 is 14.3 Å². The highest BCUT2D eigenvalue weighted by Crippen LogP contribution is 2.30. The molecule has 0 aliphatic carbocycles. The van der Waals surface area contributed by atoms with Gasteiger partial charge in [-0.25, -0.2) is 0 Å². The molecule has 146 valence electrons. The molecule has 0 saturated carbocycles. The van der Waals surface area contributed by atoms with Crippen LogP contribution in [0.1, 0.15) is 31.4 Å². The Balaban J connectivity index is 1.77. The summed E-state index contributed by atoms with van der Waals surface area (Å²) in [7, 11) is 0. The van der Waals surface area contributed by atoms with Crippen molar-refractivity contribution in [2.75, 3.05) is 11.9 Å². The minimum Gasteiger partial charge on any atom is -0.491 e. The lowest BCUT2D eigenvalue weighted by molar-refractivity contribution is -0.122. The zero-order valence-corrected chi connectivity index (χ0v) is 16.8. The lowest BCUT2D eigenvalue weighted by atomic mass is 10.1. The van der Waals surface area contributed by atoms with Gasteiger partial charge in [0.25, 0.3) is 5.91 Å². The molecule has 5 nitrogen and oxygen atoms in total. The summed E-state index contributed by atoms with van der Waals surface area (Å²) in [5.74, 6) is 1.18. The van der Waals surface area contributed by atoms with Crippen molar-refractivity contribution in [2.45, 2.75) is 40.2 Å². The number of hydrogen-bond donors (Lipinski definition) is 1. The first-order valence-electron chi connectivity index (χ1n) is 9.55. The zero-order valence-electron chi connectivity index (χ0n) is 16.8. The molecule has 28 heavy (non-hydrogen) atoms. The van der Waals surface area contributed by atoms with E-state index in [1.165, 1.54) is 5.56 Å². The molecule has 2 aromatic carbocycles. The van der Waals surface area contributed by atoms with Gasteiger partial charge < -0.3 is 14.8 Å². The molecular formula is C23H26N2O3. The van der Waals surface area contributed by atoms with Crippen LogP contribution in [0.4, 0.5) is 5.69 Å². The molecule has 3 aromatic rings. The standard InChI is InChI=1S/C23H26N2O3/c1-5-13-27-21-11-10-20(19-7-6-12-24-22(19)21)25-23(26)17(4)28-18-9-8-15(2)16(3)14-18/h6-12,14,17H,5,13H2,1-4H3,(H,25,26)/t17-/m0/s1. The van der Waals surface area contributed by atoms with Gasteiger partial charge in [0.05, 0.1) is 12.3 Å². The van der Waals surface area contributed by atoms with Crippen LogP contribution in [0.15, 0.2) is 48.7 Å². The van der Waals surface area contributed by atoms with Gasteiger partial charge in [-0.15, -0.1) is 0 Å². The number of carbonyl (C=O) groups is 1.